The number of thiophene rings is 1. The lowest BCUT2D eigenvalue weighted by Gasteiger charge is -2.08. The molecule has 2 heterocycles. The number of hydrogen-bond donors (Lipinski definition) is 1. The number of methoxy groups -OCH3 is 1. The average Bonchev–Trinajstić information content (AvgIpc) is 3.22. The molecule has 0 spiro atoms. The summed E-state index contributed by atoms with van der Waals surface area (Å²) >= 11 is 8.88. The number of fused-ring (bicyclic) bond motifs is 1. The van der Waals surface area contributed by atoms with E-state index in [2.05, 4.69) is 15.3 Å². The predicted molar refractivity (Wildman–Crippen MR) is 125 cm³/mol. The number of nitrogens with one attached hydrogen (secondary N) is 1. The number of esters is 1. The number of rotatable bonds is 6. The topological polar surface area (TPSA) is 81.2 Å². The molecule has 0 fully saturated rings. The number of halogens is 1. The van der Waals surface area contributed by atoms with Crippen LogP contribution in [0.1, 0.15) is 10.4 Å². The molecule has 1 amide bonds. The monoisotopic (exact) mass is 469 g/mol. The van der Waals surface area contributed by atoms with Gasteiger partial charge in [-0.3, -0.25) is 4.79 Å². The number of nitrogens with zero attached hydrogens (tertiary/aromatic N) is 2. The van der Waals surface area contributed by atoms with Gasteiger partial charge in [-0.15, -0.1) is 11.3 Å². The maximum absolute atomic E-state index is 12.5. The van der Waals surface area contributed by atoms with Crippen molar-refractivity contribution in [3.8, 4) is 11.1 Å². The summed E-state index contributed by atoms with van der Waals surface area (Å²) in [6, 6.07) is 14.2. The van der Waals surface area contributed by atoms with E-state index in [-0.39, 0.29) is 11.7 Å². The van der Waals surface area contributed by atoms with Crippen LogP contribution in [0.15, 0.2) is 65.3 Å². The highest BCUT2D eigenvalue weighted by Gasteiger charge is 2.15. The van der Waals surface area contributed by atoms with Crippen molar-refractivity contribution in [3.63, 3.8) is 0 Å². The molecule has 9 heteroatoms. The zero-order valence-electron chi connectivity index (χ0n) is 16.3. The van der Waals surface area contributed by atoms with Gasteiger partial charge in [-0.1, -0.05) is 41.6 Å². The molecule has 0 atom stereocenters. The SMILES string of the molecule is COC(=O)c1cccc(NC(=O)CSc2ncnc3scc(-c4ccc(Cl)cc4)c23)c1. The molecular formula is C22H16ClN3O3S2. The van der Waals surface area contributed by atoms with E-state index < -0.39 is 5.97 Å². The minimum absolute atomic E-state index is 0.157. The van der Waals surface area contributed by atoms with E-state index in [4.69, 9.17) is 16.3 Å². The Labute approximate surface area is 191 Å². The third kappa shape index (κ3) is 4.87. The van der Waals surface area contributed by atoms with Crippen LogP contribution in [0.3, 0.4) is 0 Å². The standard InChI is InChI=1S/C22H16ClN3O3S2/c1-29-22(28)14-3-2-4-16(9-14)26-18(27)11-31-21-19-17(10-30-20(19)24-12-25-21)13-5-7-15(23)8-6-13/h2-10,12H,11H2,1H3,(H,26,27). The van der Waals surface area contributed by atoms with Gasteiger partial charge in [0.25, 0.3) is 0 Å². The second-order valence-electron chi connectivity index (χ2n) is 6.42. The molecular weight excluding hydrogens is 454 g/mol. The molecule has 4 aromatic rings. The van der Waals surface area contributed by atoms with Crippen molar-refractivity contribution in [3.05, 3.63) is 70.8 Å². The number of amides is 1. The number of aromatic nitrogens is 2. The summed E-state index contributed by atoms with van der Waals surface area (Å²) < 4.78 is 4.71. The first-order valence-electron chi connectivity index (χ1n) is 9.14. The molecule has 0 aliphatic rings. The van der Waals surface area contributed by atoms with Gasteiger partial charge in [0.15, 0.2) is 0 Å². The van der Waals surface area contributed by atoms with E-state index in [0.29, 0.717) is 16.3 Å². The number of benzene rings is 2. The molecule has 0 bridgehead atoms. The number of hydrogen-bond acceptors (Lipinski definition) is 7. The number of carbonyl (C=O) groups excluding carboxylic acids is 2. The summed E-state index contributed by atoms with van der Waals surface area (Å²) in [7, 11) is 1.31. The van der Waals surface area contributed by atoms with E-state index in [1.165, 1.54) is 36.5 Å². The van der Waals surface area contributed by atoms with Crippen molar-refractivity contribution in [2.45, 2.75) is 5.03 Å². The first-order valence-corrected chi connectivity index (χ1v) is 11.4. The minimum Gasteiger partial charge on any atom is -0.465 e. The Morgan fingerprint density at radius 3 is 2.74 bits per heavy atom. The molecule has 156 valence electrons. The van der Waals surface area contributed by atoms with Crippen LogP contribution in [0.25, 0.3) is 21.3 Å². The normalized spacial score (nSPS) is 10.8. The summed E-state index contributed by atoms with van der Waals surface area (Å²) in [6.45, 7) is 0. The number of carbonyl (C=O) groups is 2. The second-order valence-corrected chi connectivity index (χ2v) is 8.68. The lowest BCUT2D eigenvalue weighted by atomic mass is 10.1. The summed E-state index contributed by atoms with van der Waals surface area (Å²) in [5.74, 6) is -0.507. The molecule has 2 aromatic carbocycles. The Kier molecular flexibility index (Phi) is 6.50. The predicted octanol–water partition coefficient (Wildman–Crippen LogP) is 5.53. The van der Waals surface area contributed by atoms with Crippen LogP contribution in [0.4, 0.5) is 5.69 Å². The molecule has 6 nitrogen and oxygen atoms in total. The van der Waals surface area contributed by atoms with Crippen molar-refractivity contribution in [1.82, 2.24) is 9.97 Å². The Morgan fingerprint density at radius 2 is 1.97 bits per heavy atom. The fraction of sp³-hybridized carbons (Fsp3) is 0.0909. The highest BCUT2D eigenvalue weighted by Crippen LogP contribution is 2.38. The van der Waals surface area contributed by atoms with Crippen LogP contribution >= 0.6 is 34.7 Å². The Balaban J connectivity index is 1.52. The van der Waals surface area contributed by atoms with Gasteiger partial charge in [0, 0.05) is 21.7 Å². The number of ether oxygens (including phenoxy) is 1. The van der Waals surface area contributed by atoms with Gasteiger partial charge in [0.2, 0.25) is 5.91 Å². The molecule has 0 unspecified atom stereocenters. The summed E-state index contributed by atoms with van der Waals surface area (Å²) in [5.41, 5.74) is 2.91. The van der Waals surface area contributed by atoms with Crippen LogP contribution in [0.2, 0.25) is 5.02 Å². The highest BCUT2D eigenvalue weighted by molar-refractivity contribution is 8.00. The zero-order valence-corrected chi connectivity index (χ0v) is 18.7. The number of thioether (sulfide) groups is 1. The molecule has 0 radical (unpaired) electrons. The van der Waals surface area contributed by atoms with Crippen LogP contribution in [0, 0.1) is 0 Å². The second kappa shape index (κ2) is 9.47. The third-order valence-corrected chi connectivity index (χ3v) is 6.53. The summed E-state index contributed by atoms with van der Waals surface area (Å²) in [6.07, 6.45) is 1.50. The third-order valence-electron chi connectivity index (χ3n) is 4.40. The summed E-state index contributed by atoms with van der Waals surface area (Å²) in [5, 5.41) is 7.15. The molecule has 31 heavy (non-hydrogen) atoms. The lowest BCUT2D eigenvalue weighted by Crippen LogP contribution is -2.14. The van der Waals surface area contributed by atoms with E-state index in [1.54, 1.807) is 24.3 Å². The van der Waals surface area contributed by atoms with Gasteiger partial charge >= 0.3 is 5.97 Å². The molecule has 0 aliphatic carbocycles. The van der Waals surface area contributed by atoms with Gasteiger partial charge < -0.3 is 10.1 Å². The van der Waals surface area contributed by atoms with E-state index in [9.17, 15) is 9.59 Å². The quantitative estimate of drug-likeness (QED) is 0.227. The molecule has 0 saturated heterocycles. The Morgan fingerprint density at radius 1 is 1.16 bits per heavy atom. The molecule has 1 N–H and O–H groups in total. The lowest BCUT2D eigenvalue weighted by molar-refractivity contribution is -0.113. The van der Waals surface area contributed by atoms with Gasteiger partial charge in [-0.05, 0) is 35.9 Å². The minimum atomic E-state index is -0.457. The fourth-order valence-electron chi connectivity index (χ4n) is 2.97. The largest absolute Gasteiger partial charge is 0.465 e. The maximum atomic E-state index is 12.5. The van der Waals surface area contributed by atoms with Crippen LogP contribution in [0.5, 0.6) is 0 Å². The van der Waals surface area contributed by atoms with Gasteiger partial charge in [-0.25, -0.2) is 14.8 Å². The fourth-order valence-corrected chi connectivity index (χ4v) is 4.89. The van der Waals surface area contributed by atoms with Gasteiger partial charge in [0.05, 0.1) is 23.8 Å². The van der Waals surface area contributed by atoms with E-state index in [1.807, 2.05) is 29.6 Å². The van der Waals surface area contributed by atoms with Gasteiger partial charge in [-0.2, -0.15) is 0 Å². The van der Waals surface area contributed by atoms with Crippen LogP contribution < -0.4 is 5.32 Å². The zero-order chi connectivity index (χ0) is 21.8. The van der Waals surface area contributed by atoms with Crippen LogP contribution in [-0.4, -0.2) is 34.7 Å². The smallest absolute Gasteiger partial charge is 0.337 e. The van der Waals surface area contributed by atoms with Crippen LogP contribution in [-0.2, 0) is 9.53 Å². The Hall–Kier alpha value is -2.94. The van der Waals surface area contributed by atoms with E-state index >= 15 is 0 Å². The molecule has 0 saturated carbocycles. The van der Waals surface area contributed by atoms with Crippen molar-refractivity contribution in [2.24, 2.45) is 0 Å². The first-order chi connectivity index (χ1) is 15.0. The Bertz CT molecular complexity index is 1260. The molecule has 2 aromatic heterocycles. The molecule has 4 rings (SSSR count). The average molecular weight is 470 g/mol. The van der Waals surface area contributed by atoms with Crippen molar-refractivity contribution >= 4 is 62.5 Å². The summed E-state index contributed by atoms with van der Waals surface area (Å²) in [4.78, 5) is 33.8. The van der Waals surface area contributed by atoms with E-state index in [0.717, 1.165) is 26.4 Å². The van der Waals surface area contributed by atoms with Crippen molar-refractivity contribution in [2.75, 3.05) is 18.2 Å². The number of anilines is 1. The highest BCUT2D eigenvalue weighted by atomic mass is 35.5. The van der Waals surface area contributed by atoms with Crippen molar-refractivity contribution < 1.29 is 14.3 Å². The first kappa shape index (κ1) is 21.3. The maximum Gasteiger partial charge on any atom is 0.337 e. The van der Waals surface area contributed by atoms with Gasteiger partial charge in [0.1, 0.15) is 16.2 Å². The van der Waals surface area contributed by atoms with Crippen molar-refractivity contribution in [1.29, 1.82) is 0 Å². The molecule has 0 aliphatic heterocycles.